The number of fused-ring (bicyclic) bond motifs is 1. The van der Waals surface area contributed by atoms with Crippen LogP contribution in [0.1, 0.15) is 24.8 Å². The van der Waals surface area contributed by atoms with Gasteiger partial charge in [0.1, 0.15) is 0 Å². The minimum atomic E-state index is 0.306. The van der Waals surface area contributed by atoms with E-state index in [1.54, 1.807) is 7.11 Å². The molecule has 3 heterocycles. The third kappa shape index (κ3) is 3.47. The Bertz CT molecular complexity index is 494. The minimum Gasteiger partial charge on any atom is -0.383 e. The molecule has 3 rings (SSSR count). The molecule has 0 spiro atoms. The first-order valence-electron chi connectivity index (χ1n) is 8.17. The number of amides is 1. The molecule has 1 amide bonds. The standard InChI is InChI=1S/C17H25N3O2/c1-22-11-10-20-16-6-9-19(12-14-4-7-18-8-5-14)13-15(16)2-3-17(20)21/h4-5,7-8,15-16H,2-3,6,9-13H2,1H3/t15-,16+/m1/s1. The van der Waals surface area contributed by atoms with Crippen LogP contribution in [-0.2, 0) is 16.1 Å². The number of rotatable bonds is 5. The van der Waals surface area contributed by atoms with Crippen molar-refractivity contribution >= 4 is 5.91 Å². The van der Waals surface area contributed by atoms with E-state index in [-0.39, 0.29) is 0 Å². The molecule has 0 aliphatic carbocycles. The summed E-state index contributed by atoms with van der Waals surface area (Å²) >= 11 is 0. The van der Waals surface area contributed by atoms with Crippen LogP contribution < -0.4 is 0 Å². The number of nitrogens with zero attached hydrogens (tertiary/aromatic N) is 3. The average Bonchev–Trinajstić information content (AvgIpc) is 2.55. The summed E-state index contributed by atoms with van der Waals surface area (Å²) in [4.78, 5) is 20.8. The summed E-state index contributed by atoms with van der Waals surface area (Å²) in [5.41, 5.74) is 1.32. The molecule has 0 N–H and O–H groups in total. The van der Waals surface area contributed by atoms with E-state index < -0.39 is 0 Å². The first-order valence-corrected chi connectivity index (χ1v) is 8.17. The van der Waals surface area contributed by atoms with E-state index in [1.807, 2.05) is 12.4 Å². The molecule has 5 nitrogen and oxygen atoms in total. The van der Waals surface area contributed by atoms with Crippen LogP contribution in [0.3, 0.4) is 0 Å². The smallest absolute Gasteiger partial charge is 0.222 e. The van der Waals surface area contributed by atoms with Crippen molar-refractivity contribution in [1.29, 1.82) is 0 Å². The largest absolute Gasteiger partial charge is 0.383 e. The number of likely N-dealkylation sites (tertiary alicyclic amines) is 2. The Balaban J connectivity index is 1.60. The number of methoxy groups -OCH3 is 1. The van der Waals surface area contributed by atoms with Crippen LogP contribution in [0.4, 0.5) is 0 Å². The van der Waals surface area contributed by atoms with Gasteiger partial charge in [0.25, 0.3) is 0 Å². The summed E-state index contributed by atoms with van der Waals surface area (Å²) in [5.74, 6) is 0.908. The van der Waals surface area contributed by atoms with Gasteiger partial charge in [-0.05, 0) is 36.5 Å². The number of piperidine rings is 2. The van der Waals surface area contributed by atoms with Crippen LogP contribution in [0, 0.1) is 5.92 Å². The molecule has 2 atom stereocenters. The van der Waals surface area contributed by atoms with Gasteiger partial charge in [0.05, 0.1) is 6.61 Å². The lowest BCUT2D eigenvalue weighted by Crippen LogP contribution is -2.56. The molecular weight excluding hydrogens is 278 g/mol. The zero-order chi connectivity index (χ0) is 15.4. The fourth-order valence-corrected chi connectivity index (χ4v) is 3.80. The van der Waals surface area contributed by atoms with E-state index in [0.29, 0.717) is 30.9 Å². The van der Waals surface area contributed by atoms with Gasteiger partial charge in [0.2, 0.25) is 5.91 Å². The number of carbonyl (C=O) groups excluding carboxylic acids is 1. The SMILES string of the molecule is COCCN1C(=O)CC[C@@H]2CN(Cc3ccncc3)CC[C@@H]21. The molecule has 0 radical (unpaired) electrons. The van der Waals surface area contributed by atoms with Crippen LogP contribution in [0.2, 0.25) is 0 Å². The number of hydrogen-bond acceptors (Lipinski definition) is 4. The summed E-state index contributed by atoms with van der Waals surface area (Å²) in [6.07, 6.45) is 6.50. The van der Waals surface area contributed by atoms with Crippen molar-refractivity contribution in [3.8, 4) is 0 Å². The molecule has 0 unspecified atom stereocenters. The lowest BCUT2D eigenvalue weighted by Gasteiger charge is -2.47. The van der Waals surface area contributed by atoms with Gasteiger partial charge >= 0.3 is 0 Å². The lowest BCUT2D eigenvalue weighted by molar-refractivity contribution is -0.142. The Morgan fingerprint density at radius 2 is 2.14 bits per heavy atom. The normalized spacial score (nSPS) is 26.0. The average molecular weight is 303 g/mol. The van der Waals surface area contributed by atoms with Crippen LogP contribution in [-0.4, -0.2) is 60.1 Å². The summed E-state index contributed by atoms with van der Waals surface area (Å²) in [5, 5.41) is 0. The summed E-state index contributed by atoms with van der Waals surface area (Å²) in [7, 11) is 1.70. The highest BCUT2D eigenvalue weighted by atomic mass is 16.5. The second kappa shape index (κ2) is 7.20. The fraction of sp³-hybridized carbons (Fsp3) is 0.647. The van der Waals surface area contributed by atoms with Crippen molar-refractivity contribution in [1.82, 2.24) is 14.8 Å². The minimum absolute atomic E-state index is 0.306. The molecule has 2 saturated heterocycles. The van der Waals surface area contributed by atoms with Crippen molar-refractivity contribution in [2.45, 2.75) is 31.8 Å². The Labute approximate surface area is 132 Å². The lowest BCUT2D eigenvalue weighted by atomic mass is 9.83. The first kappa shape index (κ1) is 15.4. The molecule has 0 saturated carbocycles. The molecule has 1 aromatic rings. The maximum atomic E-state index is 12.2. The first-order chi connectivity index (χ1) is 10.8. The molecule has 2 aliphatic rings. The molecule has 2 aliphatic heterocycles. The van der Waals surface area contributed by atoms with Crippen LogP contribution in [0.25, 0.3) is 0 Å². The Kier molecular flexibility index (Phi) is 5.05. The second-order valence-corrected chi connectivity index (χ2v) is 6.33. The highest BCUT2D eigenvalue weighted by molar-refractivity contribution is 5.77. The number of hydrogen-bond donors (Lipinski definition) is 0. The van der Waals surface area contributed by atoms with Gasteiger partial charge in [0, 0.05) is 58.1 Å². The second-order valence-electron chi connectivity index (χ2n) is 6.33. The van der Waals surface area contributed by atoms with E-state index >= 15 is 0 Å². The zero-order valence-corrected chi connectivity index (χ0v) is 13.3. The van der Waals surface area contributed by atoms with E-state index in [4.69, 9.17) is 4.74 Å². The van der Waals surface area contributed by atoms with E-state index in [1.165, 1.54) is 5.56 Å². The monoisotopic (exact) mass is 303 g/mol. The molecular formula is C17H25N3O2. The highest BCUT2D eigenvalue weighted by Crippen LogP contribution is 2.31. The quantitative estimate of drug-likeness (QED) is 0.828. The van der Waals surface area contributed by atoms with E-state index in [0.717, 1.165) is 39.0 Å². The molecule has 2 fully saturated rings. The van der Waals surface area contributed by atoms with Gasteiger partial charge in [-0.1, -0.05) is 0 Å². The van der Waals surface area contributed by atoms with E-state index in [2.05, 4.69) is 26.9 Å². The van der Waals surface area contributed by atoms with Crippen molar-refractivity contribution in [2.24, 2.45) is 5.92 Å². The molecule has 120 valence electrons. The van der Waals surface area contributed by atoms with Crippen LogP contribution in [0.5, 0.6) is 0 Å². The van der Waals surface area contributed by atoms with Crippen molar-refractivity contribution < 1.29 is 9.53 Å². The van der Waals surface area contributed by atoms with Gasteiger partial charge in [-0.3, -0.25) is 14.7 Å². The van der Waals surface area contributed by atoms with Gasteiger partial charge in [-0.2, -0.15) is 0 Å². The Hall–Kier alpha value is -1.46. The maximum Gasteiger partial charge on any atom is 0.222 e. The van der Waals surface area contributed by atoms with Gasteiger partial charge in [-0.25, -0.2) is 0 Å². The third-order valence-electron chi connectivity index (χ3n) is 4.92. The number of carbonyl (C=O) groups is 1. The maximum absolute atomic E-state index is 12.2. The van der Waals surface area contributed by atoms with Gasteiger partial charge < -0.3 is 9.64 Å². The van der Waals surface area contributed by atoms with Gasteiger partial charge in [-0.15, -0.1) is 0 Å². The molecule has 0 bridgehead atoms. The third-order valence-corrected chi connectivity index (χ3v) is 4.92. The topological polar surface area (TPSA) is 45.7 Å². The molecule has 22 heavy (non-hydrogen) atoms. The van der Waals surface area contributed by atoms with Crippen LogP contribution >= 0.6 is 0 Å². The number of ether oxygens (including phenoxy) is 1. The summed E-state index contributed by atoms with van der Waals surface area (Å²) in [6, 6.07) is 4.58. The molecule has 0 aromatic carbocycles. The predicted octanol–water partition coefficient (Wildman–Crippen LogP) is 1.54. The molecule has 1 aromatic heterocycles. The number of pyridine rings is 1. The fourth-order valence-electron chi connectivity index (χ4n) is 3.80. The summed E-state index contributed by atoms with van der Waals surface area (Å²) in [6.45, 7) is 4.50. The predicted molar refractivity (Wildman–Crippen MR) is 84.2 cm³/mol. The molecule has 5 heteroatoms. The van der Waals surface area contributed by atoms with Crippen molar-refractivity contribution in [3.05, 3.63) is 30.1 Å². The van der Waals surface area contributed by atoms with E-state index in [9.17, 15) is 4.79 Å². The Morgan fingerprint density at radius 3 is 2.91 bits per heavy atom. The van der Waals surface area contributed by atoms with Gasteiger partial charge in [0.15, 0.2) is 0 Å². The zero-order valence-electron chi connectivity index (χ0n) is 13.3. The van der Waals surface area contributed by atoms with Crippen molar-refractivity contribution in [3.63, 3.8) is 0 Å². The highest BCUT2D eigenvalue weighted by Gasteiger charge is 2.38. The van der Waals surface area contributed by atoms with Crippen LogP contribution in [0.15, 0.2) is 24.5 Å². The summed E-state index contributed by atoms with van der Waals surface area (Å²) < 4.78 is 5.16. The van der Waals surface area contributed by atoms with Crippen molar-refractivity contribution in [2.75, 3.05) is 33.4 Å². The Morgan fingerprint density at radius 1 is 1.32 bits per heavy atom. The number of aromatic nitrogens is 1.